The Morgan fingerprint density at radius 3 is 0.778 bits per heavy atom. The molecule has 0 fully saturated rings. The van der Waals surface area contributed by atoms with E-state index in [1.807, 2.05) is 0 Å². The molecule has 0 saturated heterocycles. The Labute approximate surface area is 501 Å². The van der Waals surface area contributed by atoms with E-state index in [1.54, 1.807) is 0 Å². The Hall–Kier alpha value is -4.19. The number of hydrogen-bond acceptors (Lipinski definition) is 6. The smallest absolute Gasteiger partial charge is 0.306 e. The molecule has 81 heavy (non-hydrogen) atoms. The number of rotatable bonds is 61. The third-order valence-corrected chi connectivity index (χ3v) is 14.5. The molecule has 1 unspecified atom stereocenters. The average Bonchev–Trinajstić information content (AvgIpc) is 3.47. The first-order valence-corrected chi connectivity index (χ1v) is 34.0. The van der Waals surface area contributed by atoms with E-state index in [9.17, 15) is 14.4 Å². The Balaban J connectivity index is 4.45. The molecule has 0 aromatic rings. The van der Waals surface area contributed by atoms with Crippen molar-refractivity contribution >= 4 is 17.9 Å². The highest BCUT2D eigenvalue weighted by atomic mass is 16.6. The Morgan fingerprint density at radius 1 is 0.259 bits per heavy atom. The van der Waals surface area contributed by atoms with Crippen LogP contribution in [0, 0.1) is 0 Å². The zero-order valence-electron chi connectivity index (χ0n) is 53.0. The predicted molar refractivity (Wildman–Crippen MR) is 353 cm³/mol. The van der Waals surface area contributed by atoms with Crippen molar-refractivity contribution in [2.24, 2.45) is 0 Å². The molecule has 0 heterocycles. The van der Waals surface area contributed by atoms with Crippen LogP contribution in [0.4, 0.5) is 0 Å². The SMILES string of the molecule is CC/C=C\C/C=C\C/C=C\C/C=C\C/C=C\C/C=C\C/C=C\C/C=C\CCCCC(=O)OCC(COC(=O)CCCCCCCCCCCCCCCCC)OC(=O)CCCCCCCCCCC/C=C\C/C=C\CCCCCCC. The molecule has 0 aromatic carbocycles. The minimum absolute atomic E-state index is 0.0931. The second kappa shape index (κ2) is 68.3. The fourth-order valence-electron chi connectivity index (χ4n) is 9.37. The number of carbonyl (C=O) groups excluding carboxylic acids is 3. The molecule has 462 valence electrons. The molecular weight excluding hydrogens is 997 g/mol. The van der Waals surface area contributed by atoms with Crippen molar-refractivity contribution in [3.8, 4) is 0 Å². The van der Waals surface area contributed by atoms with E-state index in [0.717, 1.165) is 116 Å². The van der Waals surface area contributed by atoms with Crippen LogP contribution in [0.3, 0.4) is 0 Å². The zero-order valence-corrected chi connectivity index (χ0v) is 53.0. The maximum absolute atomic E-state index is 12.9. The Kier molecular flexibility index (Phi) is 64.8. The number of allylic oxidation sites excluding steroid dienone is 20. The van der Waals surface area contributed by atoms with Gasteiger partial charge in [-0.3, -0.25) is 14.4 Å². The van der Waals surface area contributed by atoms with Gasteiger partial charge in [-0.2, -0.15) is 0 Å². The van der Waals surface area contributed by atoms with Gasteiger partial charge in [-0.1, -0.05) is 303 Å². The summed E-state index contributed by atoms with van der Waals surface area (Å²) in [7, 11) is 0. The highest BCUT2D eigenvalue weighted by Gasteiger charge is 2.19. The summed E-state index contributed by atoms with van der Waals surface area (Å²) in [5.41, 5.74) is 0. The molecule has 0 aliphatic carbocycles. The van der Waals surface area contributed by atoms with Crippen LogP contribution in [0.1, 0.15) is 316 Å². The van der Waals surface area contributed by atoms with Crippen LogP contribution in [-0.2, 0) is 28.6 Å². The standard InChI is InChI=1S/C75H126O6/c1-4-7-10-13-16-19-22-25-28-30-32-34-35-36-37-38-39-41-42-44-47-50-53-56-59-62-65-68-74(77)80-71-72(70-79-73(76)67-64-61-58-55-52-49-46-27-24-21-18-15-12-9-6-3)81-75(78)69-66-63-60-57-54-51-48-45-43-40-33-31-29-26-23-20-17-14-11-8-5-2/h7,10,16,19,23,25-26,28,31-34,36-37,39,41,44,47,53,56,72H,4-6,8-9,11-15,17-18,20-22,24,27,29-30,35,38,40,42-43,45-46,48-52,54-55,57-71H2,1-3H3/b10-7-,19-16-,26-23-,28-25-,33-31-,34-32-,37-36-,41-39-,47-44-,56-53-. The molecule has 0 radical (unpaired) electrons. The Morgan fingerprint density at radius 2 is 0.481 bits per heavy atom. The minimum Gasteiger partial charge on any atom is -0.462 e. The molecule has 0 bridgehead atoms. The Bertz CT molecular complexity index is 1670. The molecule has 0 saturated carbocycles. The first kappa shape index (κ1) is 76.8. The quantitative estimate of drug-likeness (QED) is 0.0261. The topological polar surface area (TPSA) is 78.9 Å². The van der Waals surface area contributed by atoms with Gasteiger partial charge in [-0.25, -0.2) is 0 Å². The number of esters is 3. The summed E-state index contributed by atoms with van der Waals surface area (Å²) in [6.07, 6.45) is 94.9. The number of carbonyl (C=O) groups is 3. The summed E-state index contributed by atoms with van der Waals surface area (Å²) in [6, 6.07) is 0. The fourth-order valence-corrected chi connectivity index (χ4v) is 9.37. The van der Waals surface area contributed by atoms with E-state index in [4.69, 9.17) is 14.2 Å². The third-order valence-electron chi connectivity index (χ3n) is 14.5. The second-order valence-corrected chi connectivity index (χ2v) is 22.4. The van der Waals surface area contributed by atoms with Crippen LogP contribution in [0.25, 0.3) is 0 Å². The maximum atomic E-state index is 12.9. The van der Waals surface area contributed by atoms with Crippen LogP contribution in [-0.4, -0.2) is 37.2 Å². The highest BCUT2D eigenvalue weighted by Crippen LogP contribution is 2.16. The van der Waals surface area contributed by atoms with Crippen molar-refractivity contribution < 1.29 is 28.6 Å². The van der Waals surface area contributed by atoms with Gasteiger partial charge in [-0.05, 0) is 116 Å². The highest BCUT2D eigenvalue weighted by molar-refractivity contribution is 5.71. The van der Waals surface area contributed by atoms with Gasteiger partial charge in [0.1, 0.15) is 13.2 Å². The summed E-state index contributed by atoms with van der Waals surface area (Å²) < 4.78 is 16.9. The van der Waals surface area contributed by atoms with Crippen molar-refractivity contribution in [2.45, 2.75) is 322 Å². The van der Waals surface area contributed by atoms with Crippen LogP contribution in [0.15, 0.2) is 122 Å². The van der Waals surface area contributed by atoms with Crippen molar-refractivity contribution in [1.82, 2.24) is 0 Å². The molecule has 0 amide bonds. The van der Waals surface area contributed by atoms with E-state index in [1.165, 1.54) is 161 Å². The molecule has 1 atom stereocenters. The lowest BCUT2D eigenvalue weighted by molar-refractivity contribution is -0.167. The van der Waals surface area contributed by atoms with Crippen molar-refractivity contribution in [2.75, 3.05) is 13.2 Å². The maximum Gasteiger partial charge on any atom is 0.306 e. The summed E-state index contributed by atoms with van der Waals surface area (Å²) in [6.45, 7) is 6.51. The van der Waals surface area contributed by atoms with E-state index in [-0.39, 0.29) is 31.1 Å². The van der Waals surface area contributed by atoms with Crippen molar-refractivity contribution in [3.63, 3.8) is 0 Å². The first-order valence-electron chi connectivity index (χ1n) is 34.0. The van der Waals surface area contributed by atoms with Crippen LogP contribution in [0.5, 0.6) is 0 Å². The lowest BCUT2D eigenvalue weighted by Gasteiger charge is -2.18. The van der Waals surface area contributed by atoms with E-state index >= 15 is 0 Å². The molecule has 0 aliphatic heterocycles. The lowest BCUT2D eigenvalue weighted by Crippen LogP contribution is -2.30. The second-order valence-electron chi connectivity index (χ2n) is 22.4. The molecule has 0 aliphatic rings. The van der Waals surface area contributed by atoms with Crippen LogP contribution in [0.2, 0.25) is 0 Å². The number of unbranched alkanes of at least 4 members (excludes halogenated alkanes) is 30. The van der Waals surface area contributed by atoms with Gasteiger partial charge in [0.15, 0.2) is 6.10 Å². The van der Waals surface area contributed by atoms with E-state index < -0.39 is 6.10 Å². The van der Waals surface area contributed by atoms with Gasteiger partial charge in [0, 0.05) is 19.3 Å². The molecule has 0 N–H and O–H groups in total. The van der Waals surface area contributed by atoms with Crippen molar-refractivity contribution in [3.05, 3.63) is 122 Å². The average molecular weight is 1120 g/mol. The summed E-state index contributed by atoms with van der Waals surface area (Å²) in [5.74, 6) is -0.933. The number of ether oxygens (including phenoxy) is 3. The van der Waals surface area contributed by atoms with E-state index in [0.29, 0.717) is 19.3 Å². The van der Waals surface area contributed by atoms with Gasteiger partial charge in [0.05, 0.1) is 0 Å². The largest absolute Gasteiger partial charge is 0.462 e. The molecule has 0 aromatic heterocycles. The zero-order chi connectivity index (χ0) is 58.5. The number of hydrogen-bond donors (Lipinski definition) is 0. The minimum atomic E-state index is -0.802. The fraction of sp³-hybridized carbons (Fsp3) is 0.693. The summed E-state index contributed by atoms with van der Waals surface area (Å²) in [4.78, 5) is 38.4. The van der Waals surface area contributed by atoms with Gasteiger partial charge in [0.2, 0.25) is 0 Å². The van der Waals surface area contributed by atoms with Gasteiger partial charge in [-0.15, -0.1) is 0 Å². The first-order chi connectivity index (χ1) is 40.0. The monoisotopic (exact) mass is 1120 g/mol. The molecule has 0 rings (SSSR count). The van der Waals surface area contributed by atoms with E-state index in [2.05, 4.69) is 142 Å². The van der Waals surface area contributed by atoms with Gasteiger partial charge >= 0.3 is 17.9 Å². The molecule has 6 nitrogen and oxygen atoms in total. The van der Waals surface area contributed by atoms with Gasteiger partial charge < -0.3 is 14.2 Å². The third kappa shape index (κ3) is 66.5. The normalized spacial score (nSPS) is 12.9. The molecule has 6 heteroatoms. The lowest BCUT2D eigenvalue weighted by atomic mass is 10.0. The van der Waals surface area contributed by atoms with Crippen molar-refractivity contribution in [1.29, 1.82) is 0 Å². The molecular formula is C75H126O6. The van der Waals surface area contributed by atoms with Crippen LogP contribution < -0.4 is 0 Å². The summed E-state index contributed by atoms with van der Waals surface area (Å²) in [5, 5.41) is 0. The van der Waals surface area contributed by atoms with Gasteiger partial charge in [0.25, 0.3) is 0 Å². The predicted octanol–water partition coefficient (Wildman–Crippen LogP) is 23.6. The summed E-state index contributed by atoms with van der Waals surface area (Å²) >= 11 is 0. The molecule has 0 spiro atoms. The van der Waals surface area contributed by atoms with Crippen LogP contribution >= 0.6 is 0 Å².